The van der Waals surface area contributed by atoms with Crippen LogP contribution in [0.25, 0.3) is 16.9 Å². The molecule has 2 heterocycles. The average Bonchev–Trinajstić information content (AvgIpc) is 2.89. The summed E-state index contributed by atoms with van der Waals surface area (Å²) in [6.45, 7) is 0. The number of halogens is 1. The fourth-order valence-electron chi connectivity index (χ4n) is 1.74. The van der Waals surface area contributed by atoms with E-state index in [1.54, 1.807) is 17.1 Å². The second kappa shape index (κ2) is 4.81. The Morgan fingerprint density at radius 3 is 2.58 bits per heavy atom. The van der Waals surface area contributed by atoms with Crippen LogP contribution < -0.4 is 5.73 Å². The highest BCUT2D eigenvalue weighted by Crippen LogP contribution is 2.22. The van der Waals surface area contributed by atoms with Crippen LogP contribution in [0.4, 0.5) is 5.69 Å². The number of benzene rings is 1. The SMILES string of the molecule is Nc1ccc(-c2cnn(-c3ncncc3Br)c2)cc1. The van der Waals surface area contributed by atoms with E-state index >= 15 is 0 Å². The van der Waals surface area contributed by atoms with Crippen molar-refractivity contribution in [1.29, 1.82) is 0 Å². The van der Waals surface area contributed by atoms with Gasteiger partial charge in [0.05, 0.1) is 10.7 Å². The van der Waals surface area contributed by atoms with Crippen LogP contribution in [0.15, 0.2) is 53.7 Å². The summed E-state index contributed by atoms with van der Waals surface area (Å²) in [6, 6.07) is 7.66. The van der Waals surface area contributed by atoms with Crippen molar-refractivity contribution < 1.29 is 0 Å². The molecule has 2 N–H and O–H groups in total. The first-order valence-corrected chi connectivity index (χ1v) is 6.40. The highest BCUT2D eigenvalue weighted by atomic mass is 79.9. The van der Waals surface area contributed by atoms with Crippen molar-refractivity contribution in [1.82, 2.24) is 19.7 Å². The van der Waals surface area contributed by atoms with E-state index in [9.17, 15) is 0 Å². The van der Waals surface area contributed by atoms with E-state index in [2.05, 4.69) is 31.0 Å². The smallest absolute Gasteiger partial charge is 0.170 e. The molecule has 19 heavy (non-hydrogen) atoms. The summed E-state index contributed by atoms with van der Waals surface area (Å²) in [6.07, 6.45) is 6.89. The first-order chi connectivity index (χ1) is 9.24. The zero-order chi connectivity index (χ0) is 13.2. The molecule has 1 aromatic carbocycles. The molecular weight excluding hydrogens is 306 g/mol. The first-order valence-electron chi connectivity index (χ1n) is 5.60. The van der Waals surface area contributed by atoms with E-state index in [4.69, 9.17) is 5.73 Å². The Kier molecular flexibility index (Phi) is 3.00. The normalized spacial score (nSPS) is 10.6. The van der Waals surface area contributed by atoms with Crippen molar-refractivity contribution in [3.05, 3.63) is 53.7 Å². The molecule has 2 aromatic heterocycles. The van der Waals surface area contributed by atoms with Gasteiger partial charge in [0.1, 0.15) is 6.33 Å². The fourth-order valence-corrected chi connectivity index (χ4v) is 2.14. The number of hydrogen-bond donors (Lipinski definition) is 1. The summed E-state index contributed by atoms with van der Waals surface area (Å²) >= 11 is 3.41. The van der Waals surface area contributed by atoms with Crippen molar-refractivity contribution in [2.75, 3.05) is 5.73 Å². The van der Waals surface area contributed by atoms with Crippen LogP contribution in [0, 0.1) is 0 Å². The second-order valence-corrected chi connectivity index (χ2v) is 4.84. The molecule has 0 fully saturated rings. The predicted molar refractivity (Wildman–Crippen MR) is 76.7 cm³/mol. The van der Waals surface area contributed by atoms with Gasteiger partial charge < -0.3 is 5.73 Å². The Balaban J connectivity index is 2.00. The van der Waals surface area contributed by atoms with E-state index in [0.717, 1.165) is 21.3 Å². The zero-order valence-corrected chi connectivity index (χ0v) is 11.4. The summed E-state index contributed by atoms with van der Waals surface area (Å²) in [5.41, 5.74) is 8.49. The molecule has 0 radical (unpaired) electrons. The van der Waals surface area contributed by atoms with Crippen LogP contribution in [0.2, 0.25) is 0 Å². The molecule has 3 aromatic rings. The Morgan fingerprint density at radius 1 is 1.05 bits per heavy atom. The van der Waals surface area contributed by atoms with Crippen LogP contribution in [0.1, 0.15) is 0 Å². The number of nitrogens with zero attached hydrogens (tertiary/aromatic N) is 4. The van der Waals surface area contributed by atoms with Gasteiger partial charge in [0.15, 0.2) is 5.82 Å². The summed E-state index contributed by atoms with van der Waals surface area (Å²) in [5.74, 6) is 0.705. The monoisotopic (exact) mass is 315 g/mol. The van der Waals surface area contributed by atoms with E-state index in [0.29, 0.717) is 5.82 Å². The van der Waals surface area contributed by atoms with Crippen LogP contribution in [-0.2, 0) is 0 Å². The van der Waals surface area contributed by atoms with Crippen molar-refractivity contribution in [2.24, 2.45) is 0 Å². The van der Waals surface area contributed by atoms with Crippen LogP contribution in [0.5, 0.6) is 0 Å². The summed E-state index contributed by atoms with van der Waals surface area (Å²) in [7, 11) is 0. The average molecular weight is 316 g/mol. The highest BCUT2D eigenvalue weighted by molar-refractivity contribution is 9.10. The van der Waals surface area contributed by atoms with Crippen LogP contribution in [0.3, 0.4) is 0 Å². The fraction of sp³-hybridized carbons (Fsp3) is 0. The van der Waals surface area contributed by atoms with Crippen molar-refractivity contribution >= 4 is 21.6 Å². The topological polar surface area (TPSA) is 69.6 Å². The molecule has 0 aliphatic carbocycles. The molecule has 0 spiro atoms. The molecule has 94 valence electrons. The first kappa shape index (κ1) is 11.9. The molecule has 6 heteroatoms. The minimum atomic E-state index is 0.705. The van der Waals surface area contributed by atoms with Gasteiger partial charge in [0.2, 0.25) is 0 Å². The lowest BCUT2D eigenvalue weighted by atomic mass is 10.1. The van der Waals surface area contributed by atoms with E-state index in [1.165, 1.54) is 6.33 Å². The summed E-state index contributed by atoms with van der Waals surface area (Å²) < 4.78 is 2.50. The third-order valence-corrected chi connectivity index (χ3v) is 3.25. The molecule has 0 aliphatic heterocycles. The van der Waals surface area contributed by atoms with Gasteiger partial charge in [0, 0.05) is 23.6 Å². The Hall–Kier alpha value is -2.21. The lowest BCUT2D eigenvalue weighted by molar-refractivity contribution is 0.833. The molecule has 0 bridgehead atoms. The molecule has 0 amide bonds. The van der Waals surface area contributed by atoms with Crippen LogP contribution in [-0.4, -0.2) is 19.7 Å². The maximum atomic E-state index is 5.68. The van der Waals surface area contributed by atoms with Gasteiger partial charge in [-0.05, 0) is 33.6 Å². The quantitative estimate of drug-likeness (QED) is 0.738. The largest absolute Gasteiger partial charge is 0.399 e. The Morgan fingerprint density at radius 2 is 1.84 bits per heavy atom. The summed E-state index contributed by atoms with van der Waals surface area (Å²) in [4.78, 5) is 8.12. The van der Waals surface area contributed by atoms with Gasteiger partial charge in [-0.15, -0.1) is 0 Å². The third-order valence-electron chi connectivity index (χ3n) is 2.69. The van der Waals surface area contributed by atoms with Gasteiger partial charge in [0.25, 0.3) is 0 Å². The number of anilines is 1. The number of hydrogen-bond acceptors (Lipinski definition) is 4. The maximum absolute atomic E-state index is 5.68. The lowest BCUT2D eigenvalue weighted by Crippen LogP contribution is -1.99. The molecule has 5 nitrogen and oxygen atoms in total. The molecule has 3 rings (SSSR count). The minimum Gasteiger partial charge on any atom is -0.399 e. The molecule has 0 saturated heterocycles. The number of nitrogen functional groups attached to an aromatic ring is 1. The molecular formula is C13H10BrN5. The van der Waals surface area contributed by atoms with Crippen molar-refractivity contribution in [3.8, 4) is 16.9 Å². The van der Waals surface area contributed by atoms with E-state index < -0.39 is 0 Å². The molecule has 0 atom stereocenters. The third kappa shape index (κ3) is 2.34. The van der Waals surface area contributed by atoms with E-state index in [-0.39, 0.29) is 0 Å². The number of aromatic nitrogens is 4. The van der Waals surface area contributed by atoms with Gasteiger partial charge in [-0.3, -0.25) is 0 Å². The zero-order valence-electron chi connectivity index (χ0n) is 9.86. The van der Waals surface area contributed by atoms with Crippen molar-refractivity contribution in [2.45, 2.75) is 0 Å². The van der Waals surface area contributed by atoms with E-state index in [1.807, 2.05) is 30.5 Å². The summed E-state index contributed by atoms with van der Waals surface area (Å²) in [5, 5.41) is 4.31. The van der Waals surface area contributed by atoms with Gasteiger partial charge in [-0.1, -0.05) is 12.1 Å². The minimum absolute atomic E-state index is 0.705. The molecule has 0 aliphatic rings. The molecule has 0 saturated carbocycles. The second-order valence-electron chi connectivity index (χ2n) is 3.99. The van der Waals surface area contributed by atoms with Crippen molar-refractivity contribution in [3.63, 3.8) is 0 Å². The van der Waals surface area contributed by atoms with Gasteiger partial charge in [-0.25, -0.2) is 14.6 Å². The molecule has 0 unspecified atom stereocenters. The Labute approximate surface area is 118 Å². The van der Waals surface area contributed by atoms with Gasteiger partial charge in [-0.2, -0.15) is 5.10 Å². The highest BCUT2D eigenvalue weighted by Gasteiger charge is 2.07. The standard InChI is InChI=1S/C13H10BrN5/c14-12-6-16-8-17-13(12)19-7-10(5-18-19)9-1-3-11(15)4-2-9/h1-8H,15H2. The van der Waals surface area contributed by atoms with Crippen LogP contribution >= 0.6 is 15.9 Å². The number of rotatable bonds is 2. The predicted octanol–water partition coefficient (Wildman–Crippen LogP) is 2.67. The number of nitrogens with two attached hydrogens (primary N) is 1. The van der Waals surface area contributed by atoms with Gasteiger partial charge >= 0.3 is 0 Å². The Bertz CT molecular complexity index is 705. The lowest BCUT2D eigenvalue weighted by Gasteiger charge is -2.01. The maximum Gasteiger partial charge on any atom is 0.170 e.